The predicted molar refractivity (Wildman–Crippen MR) is 77.8 cm³/mol. The lowest BCUT2D eigenvalue weighted by atomic mass is 10.3. The molecule has 0 aromatic heterocycles. The molecule has 102 valence electrons. The molecule has 4 nitrogen and oxygen atoms in total. The van der Waals surface area contributed by atoms with Crippen molar-refractivity contribution < 1.29 is 8.42 Å². The standard InChI is InChI=1S/C10H12BrClN2O2S.ClH/c11-10-8(12)2-1-3-9(10)17(15,16)14-5-4-7(13)6-14;/h1-3,7H,4-6,13H2;1H/t7-;/m1./s1. The molecule has 1 atom stereocenters. The van der Waals surface area contributed by atoms with Crippen LogP contribution in [0.25, 0.3) is 0 Å². The minimum absolute atomic E-state index is 0. The van der Waals surface area contributed by atoms with Crippen LogP contribution in [-0.4, -0.2) is 31.9 Å². The molecule has 0 aliphatic carbocycles. The molecule has 0 spiro atoms. The molecule has 2 rings (SSSR count). The summed E-state index contributed by atoms with van der Waals surface area (Å²) in [6, 6.07) is 4.72. The van der Waals surface area contributed by atoms with Crippen LogP contribution in [0, 0.1) is 0 Å². The van der Waals surface area contributed by atoms with E-state index >= 15 is 0 Å². The maximum Gasteiger partial charge on any atom is 0.244 e. The lowest BCUT2D eigenvalue weighted by Crippen LogP contribution is -2.32. The van der Waals surface area contributed by atoms with Crippen molar-refractivity contribution >= 4 is 50.0 Å². The number of halogens is 3. The second kappa shape index (κ2) is 6.07. The van der Waals surface area contributed by atoms with Gasteiger partial charge < -0.3 is 5.73 Å². The van der Waals surface area contributed by atoms with Crippen LogP contribution in [0.2, 0.25) is 5.02 Å². The fourth-order valence-corrected chi connectivity index (χ4v) is 4.50. The van der Waals surface area contributed by atoms with Gasteiger partial charge in [0.15, 0.2) is 0 Å². The van der Waals surface area contributed by atoms with E-state index in [1.54, 1.807) is 12.1 Å². The van der Waals surface area contributed by atoms with Gasteiger partial charge in [-0.2, -0.15) is 4.31 Å². The van der Waals surface area contributed by atoms with Crippen molar-refractivity contribution in [2.24, 2.45) is 5.73 Å². The van der Waals surface area contributed by atoms with Crippen LogP contribution < -0.4 is 5.73 Å². The first-order chi connectivity index (χ1) is 7.93. The van der Waals surface area contributed by atoms with Gasteiger partial charge in [-0.25, -0.2) is 8.42 Å². The molecular weight excluding hydrogens is 363 g/mol. The van der Waals surface area contributed by atoms with Gasteiger partial charge >= 0.3 is 0 Å². The van der Waals surface area contributed by atoms with E-state index in [9.17, 15) is 8.42 Å². The van der Waals surface area contributed by atoms with Gasteiger partial charge in [0.2, 0.25) is 10.0 Å². The van der Waals surface area contributed by atoms with Gasteiger partial charge in [-0.3, -0.25) is 0 Å². The molecule has 0 radical (unpaired) electrons. The van der Waals surface area contributed by atoms with E-state index in [-0.39, 0.29) is 23.3 Å². The molecule has 1 fully saturated rings. The molecule has 2 N–H and O–H groups in total. The zero-order valence-corrected chi connectivity index (χ0v) is 13.3. The minimum Gasteiger partial charge on any atom is -0.326 e. The van der Waals surface area contributed by atoms with Gasteiger partial charge in [-0.05, 0) is 34.5 Å². The van der Waals surface area contributed by atoms with Crippen LogP contribution in [0.15, 0.2) is 27.6 Å². The van der Waals surface area contributed by atoms with Crippen molar-refractivity contribution in [1.82, 2.24) is 4.31 Å². The average Bonchev–Trinajstić information content (AvgIpc) is 2.69. The first-order valence-electron chi connectivity index (χ1n) is 5.12. The van der Waals surface area contributed by atoms with Crippen molar-refractivity contribution in [2.45, 2.75) is 17.4 Å². The summed E-state index contributed by atoms with van der Waals surface area (Å²) in [5.74, 6) is 0. The molecule has 0 unspecified atom stereocenters. The first-order valence-corrected chi connectivity index (χ1v) is 7.74. The second-order valence-electron chi connectivity index (χ2n) is 3.96. The summed E-state index contributed by atoms with van der Waals surface area (Å²) >= 11 is 9.11. The van der Waals surface area contributed by atoms with Crippen LogP contribution in [0.4, 0.5) is 0 Å². The summed E-state index contributed by atoms with van der Waals surface area (Å²) in [7, 11) is -3.50. The van der Waals surface area contributed by atoms with E-state index in [1.807, 2.05) is 0 Å². The molecular formula is C10H13BrCl2N2O2S. The Balaban J connectivity index is 0.00000162. The van der Waals surface area contributed by atoms with E-state index in [0.29, 0.717) is 29.0 Å². The van der Waals surface area contributed by atoms with E-state index in [1.165, 1.54) is 10.4 Å². The molecule has 1 aliphatic rings. The maximum absolute atomic E-state index is 12.3. The SMILES string of the molecule is Cl.N[C@@H]1CCN(S(=O)(=O)c2cccc(Cl)c2Br)C1. The van der Waals surface area contributed by atoms with Gasteiger partial charge in [-0.1, -0.05) is 17.7 Å². The third-order valence-corrected chi connectivity index (χ3v) is 6.29. The van der Waals surface area contributed by atoms with Crippen LogP contribution in [0.1, 0.15) is 6.42 Å². The minimum atomic E-state index is -3.50. The van der Waals surface area contributed by atoms with Crippen molar-refractivity contribution in [2.75, 3.05) is 13.1 Å². The highest BCUT2D eigenvalue weighted by Crippen LogP contribution is 2.32. The first kappa shape index (κ1) is 16.2. The van der Waals surface area contributed by atoms with E-state index < -0.39 is 10.0 Å². The van der Waals surface area contributed by atoms with Crippen molar-refractivity contribution in [3.63, 3.8) is 0 Å². The summed E-state index contributed by atoms with van der Waals surface area (Å²) < 4.78 is 26.5. The largest absolute Gasteiger partial charge is 0.326 e. The molecule has 18 heavy (non-hydrogen) atoms. The van der Waals surface area contributed by atoms with Gasteiger partial charge in [0.1, 0.15) is 0 Å². The van der Waals surface area contributed by atoms with Crippen LogP contribution in [0.3, 0.4) is 0 Å². The van der Waals surface area contributed by atoms with Gasteiger partial charge in [0, 0.05) is 19.1 Å². The Morgan fingerprint density at radius 2 is 2.11 bits per heavy atom. The molecule has 8 heteroatoms. The molecule has 1 aromatic rings. The average molecular weight is 376 g/mol. The fraction of sp³-hybridized carbons (Fsp3) is 0.400. The lowest BCUT2D eigenvalue weighted by molar-refractivity contribution is 0.472. The van der Waals surface area contributed by atoms with Crippen molar-refractivity contribution in [3.8, 4) is 0 Å². The lowest BCUT2D eigenvalue weighted by Gasteiger charge is -2.17. The summed E-state index contributed by atoms with van der Waals surface area (Å²) in [5.41, 5.74) is 5.72. The Morgan fingerprint density at radius 3 is 2.67 bits per heavy atom. The number of hydrogen-bond donors (Lipinski definition) is 1. The number of sulfonamides is 1. The second-order valence-corrected chi connectivity index (χ2v) is 7.07. The zero-order valence-electron chi connectivity index (χ0n) is 9.34. The van der Waals surface area contributed by atoms with Crippen LogP contribution in [-0.2, 0) is 10.0 Å². The summed E-state index contributed by atoms with van der Waals surface area (Å²) in [6.07, 6.45) is 0.692. The third kappa shape index (κ3) is 3.00. The Kier molecular flexibility index (Phi) is 5.46. The third-order valence-electron chi connectivity index (χ3n) is 2.72. The number of nitrogens with zero attached hydrogens (tertiary/aromatic N) is 1. The molecule has 1 aliphatic heterocycles. The number of nitrogens with two attached hydrogens (primary N) is 1. The van der Waals surface area contributed by atoms with E-state index in [4.69, 9.17) is 17.3 Å². The summed E-state index contributed by atoms with van der Waals surface area (Å²) in [5, 5.41) is 0.384. The molecule has 1 aromatic carbocycles. The summed E-state index contributed by atoms with van der Waals surface area (Å²) in [6.45, 7) is 0.823. The maximum atomic E-state index is 12.3. The Bertz CT molecular complexity index is 539. The number of rotatable bonds is 2. The number of benzene rings is 1. The van der Waals surface area contributed by atoms with Gasteiger partial charge in [0.05, 0.1) is 14.4 Å². The normalized spacial score (nSPS) is 20.7. The highest BCUT2D eigenvalue weighted by molar-refractivity contribution is 9.10. The Hall–Kier alpha value is 0.150. The topological polar surface area (TPSA) is 63.4 Å². The summed E-state index contributed by atoms with van der Waals surface area (Å²) in [4.78, 5) is 0.194. The van der Waals surface area contributed by atoms with Crippen molar-refractivity contribution in [3.05, 3.63) is 27.7 Å². The molecule has 1 heterocycles. The van der Waals surface area contributed by atoms with Gasteiger partial charge in [-0.15, -0.1) is 12.4 Å². The Labute approximate surface area is 126 Å². The number of hydrogen-bond acceptors (Lipinski definition) is 3. The molecule has 0 amide bonds. The van der Waals surface area contributed by atoms with E-state index in [0.717, 1.165) is 0 Å². The van der Waals surface area contributed by atoms with Crippen molar-refractivity contribution in [1.29, 1.82) is 0 Å². The zero-order chi connectivity index (χ0) is 12.6. The quantitative estimate of drug-likeness (QED) is 0.862. The molecule has 0 bridgehead atoms. The smallest absolute Gasteiger partial charge is 0.244 e. The highest BCUT2D eigenvalue weighted by atomic mass is 79.9. The Morgan fingerprint density at radius 1 is 1.44 bits per heavy atom. The molecule has 1 saturated heterocycles. The fourth-order valence-electron chi connectivity index (χ4n) is 1.79. The van der Waals surface area contributed by atoms with Crippen LogP contribution >= 0.6 is 39.9 Å². The highest BCUT2D eigenvalue weighted by Gasteiger charge is 2.32. The monoisotopic (exact) mass is 374 g/mol. The predicted octanol–water partition coefficient (Wildman–Crippen LogP) is 2.25. The van der Waals surface area contributed by atoms with E-state index in [2.05, 4.69) is 15.9 Å². The van der Waals surface area contributed by atoms with Gasteiger partial charge in [0.25, 0.3) is 0 Å². The molecule has 0 saturated carbocycles. The van der Waals surface area contributed by atoms with Crippen LogP contribution in [0.5, 0.6) is 0 Å².